The van der Waals surface area contributed by atoms with Crippen LogP contribution in [0.25, 0.3) is 40.3 Å². The summed E-state index contributed by atoms with van der Waals surface area (Å²) in [6.07, 6.45) is 5.95. The van der Waals surface area contributed by atoms with Gasteiger partial charge in [0.1, 0.15) is 11.5 Å². The molecule has 0 saturated heterocycles. The van der Waals surface area contributed by atoms with Crippen LogP contribution in [0.3, 0.4) is 0 Å². The maximum absolute atomic E-state index is 6.80. The molecule has 4 heterocycles. The Kier molecular flexibility index (Phi) is 5.40. The topological polar surface area (TPSA) is 37.8 Å². The molecule has 0 N–H and O–H groups in total. The molecule has 0 spiro atoms. The largest absolute Gasteiger partial charge is 0.456 e. The summed E-state index contributed by atoms with van der Waals surface area (Å²) < 4.78 is 17.8. The minimum Gasteiger partial charge on any atom is -0.456 e. The normalized spacial score (nSPS) is 13.3. The first-order chi connectivity index (χ1) is 19.7. The van der Waals surface area contributed by atoms with Crippen LogP contribution >= 0.6 is 22.7 Å². The lowest BCUT2D eigenvalue weighted by molar-refractivity contribution is 0.456. The summed E-state index contributed by atoms with van der Waals surface area (Å²) in [4.78, 5) is 8.80. The third-order valence-corrected chi connectivity index (χ3v) is 9.54. The van der Waals surface area contributed by atoms with Gasteiger partial charge < -0.3 is 19.3 Å². The van der Waals surface area contributed by atoms with Crippen molar-refractivity contribution in [2.45, 2.75) is 0 Å². The number of aromatic nitrogens is 1. The number of pyridine rings is 1. The summed E-state index contributed by atoms with van der Waals surface area (Å²) in [7, 11) is 2.08. The van der Waals surface area contributed by atoms with E-state index in [-0.39, 0.29) is 0 Å². The Morgan fingerprint density at radius 1 is 0.675 bits per heavy atom. The maximum atomic E-state index is 6.80. The highest BCUT2D eigenvalue weighted by Gasteiger charge is 2.19. The predicted octanol–water partition coefficient (Wildman–Crippen LogP) is 9.58. The average molecular weight is 558 g/mol. The standard InChI is InChI=1S/C33H23N3O2S2/c1-35-14-15-36(20-35)21-16-25-23-8-2-4-10-29(23)39-32(25)27(17-21)37-22-18-26-24-9-3-5-11-30(24)40-33(26)28(19-22)38-31-12-6-7-13-34-31/h2-19H,20H2,1H3. The van der Waals surface area contributed by atoms with E-state index < -0.39 is 0 Å². The first-order valence-corrected chi connectivity index (χ1v) is 14.7. The Hall–Kier alpha value is -4.59. The number of ether oxygens (including phenoxy) is 2. The highest BCUT2D eigenvalue weighted by molar-refractivity contribution is 7.26. The van der Waals surface area contributed by atoms with Gasteiger partial charge in [-0.15, -0.1) is 22.7 Å². The van der Waals surface area contributed by atoms with E-state index in [9.17, 15) is 0 Å². The Bertz CT molecular complexity index is 2080. The van der Waals surface area contributed by atoms with Crippen molar-refractivity contribution in [2.24, 2.45) is 0 Å². The Morgan fingerprint density at radius 3 is 2.02 bits per heavy atom. The van der Waals surface area contributed by atoms with Gasteiger partial charge in [-0.1, -0.05) is 42.5 Å². The second-order valence-electron chi connectivity index (χ2n) is 9.85. The molecule has 0 unspecified atom stereocenters. The van der Waals surface area contributed by atoms with Crippen molar-refractivity contribution < 1.29 is 9.47 Å². The van der Waals surface area contributed by atoms with Crippen LogP contribution < -0.4 is 14.4 Å². The van der Waals surface area contributed by atoms with Gasteiger partial charge in [0.2, 0.25) is 5.88 Å². The third-order valence-electron chi connectivity index (χ3n) is 7.13. The quantitative estimate of drug-likeness (QED) is 0.211. The number of nitrogens with zero attached hydrogens (tertiary/aromatic N) is 3. The molecular formula is C33H23N3O2S2. The fourth-order valence-electron chi connectivity index (χ4n) is 5.27. The van der Waals surface area contributed by atoms with Crippen LogP contribution in [0.2, 0.25) is 0 Å². The molecule has 0 aliphatic carbocycles. The molecule has 40 heavy (non-hydrogen) atoms. The Labute approximate surface area is 238 Å². The van der Waals surface area contributed by atoms with Gasteiger partial charge in [0.25, 0.3) is 0 Å². The molecule has 3 aromatic heterocycles. The average Bonchev–Trinajstić information content (AvgIpc) is 3.69. The van der Waals surface area contributed by atoms with Crippen LogP contribution in [0.4, 0.5) is 5.69 Å². The first kappa shape index (κ1) is 23.3. The highest BCUT2D eigenvalue weighted by atomic mass is 32.1. The SMILES string of the molecule is CN1C=CN(c2cc(Oc3cc(Oc4ccccn4)c4sc5ccccc5c4c3)c3sc4ccccc4c3c2)C1. The highest BCUT2D eigenvalue weighted by Crippen LogP contribution is 2.47. The van der Waals surface area contributed by atoms with E-state index in [1.54, 1.807) is 28.9 Å². The zero-order chi connectivity index (χ0) is 26.6. The molecule has 7 aromatic rings. The van der Waals surface area contributed by atoms with E-state index in [0.29, 0.717) is 5.88 Å². The number of hydrogen-bond acceptors (Lipinski definition) is 7. The second-order valence-corrected chi connectivity index (χ2v) is 12.0. The first-order valence-electron chi connectivity index (χ1n) is 13.0. The zero-order valence-corrected chi connectivity index (χ0v) is 23.2. The molecule has 8 rings (SSSR count). The molecule has 0 radical (unpaired) electrons. The fraction of sp³-hybridized carbons (Fsp3) is 0.0606. The van der Waals surface area contributed by atoms with E-state index >= 15 is 0 Å². The van der Waals surface area contributed by atoms with E-state index in [0.717, 1.165) is 44.4 Å². The van der Waals surface area contributed by atoms with Gasteiger partial charge in [-0.05, 0) is 30.3 Å². The van der Waals surface area contributed by atoms with Crippen LogP contribution in [0.15, 0.2) is 110 Å². The van der Waals surface area contributed by atoms with Crippen LogP contribution in [0, 0.1) is 0 Å². The van der Waals surface area contributed by atoms with Crippen molar-refractivity contribution >= 4 is 68.7 Å². The van der Waals surface area contributed by atoms with Gasteiger partial charge in [-0.2, -0.15) is 0 Å². The van der Waals surface area contributed by atoms with Gasteiger partial charge >= 0.3 is 0 Å². The van der Waals surface area contributed by atoms with Crippen LogP contribution in [-0.4, -0.2) is 23.6 Å². The molecule has 4 aromatic carbocycles. The molecular weight excluding hydrogens is 535 g/mol. The van der Waals surface area contributed by atoms with Crippen molar-refractivity contribution in [3.8, 4) is 23.1 Å². The minimum atomic E-state index is 0.553. The summed E-state index contributed by atoms with van der Waals surface area (Å²) in [5.74, 6) is 2.85. The second kappa shape index (κ2) is 9.26. The summed E-state index contributed by atoms with van der Waals surface area (Å²) in [5, 5.41) is 4.73. The van der Waals surface area contributed by atoms with Gasteiger partial charge in [0.05, 0.1) is 16.1 Å². The molecule has 0 saturated carbocycles. The van der Waals surface area contributed by atoms with Crippen LogP contribution in [-0.2, 0) is 0 Å². The summed E-state index contributed by atoms with van der Waals surface area (Å²) in [5.41, 5.74) is 1.10. The number of fused-ring (bicyclic) bond motifs is 6. The molecule has 5 nitrogen and oxygen atoms in total. The van der Waals surface area contributed by atoms with Crippen molar-refractivity contribution in [1.82, 2.24) is 9.88 Å². The molecule has 194 valence electrons. The minimum absolute atomic E-state index is 0.553. The van der Waals surface area contributed by atoms with Crippen molar-refractivity contribution in [3.05, 3.63) is 110 Å². The lowest BCUT2D eigenvalue weighted by atomic mass is 10.1. The Morgan fingerprint density at radius 2 is 1.35 bits per heavy atom. The van der Waals surface area contributed by atoms with E-state index in [1.807, 2.05) is 24.3 Å². The molecule has 0 fully saturated rings. The van der Waals surface area contributed by atoms with Gasteiger partial charge in [-0.25, -0.2) is 4.98 Å². The Balaban J connectivity index is 1.31. The summed E-state index contributed by atoms with van der Waals surface area (Å²) in [6.45, 7) is 0.794. The van der Waals surface area contributed by atoms with Gasteiger partial charge in [0, 0.05) is 80.5 Å². The molecule has 0 bridgehead atoms. The smallest absolute Gasteiger partial charge is 0.219 e. The molecule has 0 atom stereocenters. The predicted molar refractivity (Wildman–Crippen MR) is 167 cm³/mol. The van der Waals surface area contributed by atoms with E-state index in [4.69, 9.17) is 9.47 Å². The van der Waals surface area contributed by atoms with Gasteiger partial charge in [-0.3, -0.25) is 0 Å². The van der Waals surface area contributed by atoms with Gasteiger partial charge in [0.15, 0.2) is 5.75 Å². The lowest BCUT2D eigenvalue weighted by Gasteiger charge is -2.20. The molecule has 1 aliphatic rings. The maximum Gasteiger partial charge on any atom is 0.219 e. The molecule has 7 heteroatoms. The number of anilines is 1. The van der Waals surface area contributed by atoms with E-state index in [2.05, 4.69) is 101 Å². The number of hydrogen-bond donors (Lipinski definition) is 0. The van der Waals surface area contributed by atoms with Crippen LogP contribution in [0.1, 0.15) is 0 Å². The monoisotopic (exact) mass is 557 g/mol. The number of benzene rings is 4. The van der Waals surface area contributed by atoms with Crippen molar-refractivity contribution in [3.63, 3.8) is 0 Å². The number of thiophene rings is 2. The third kappa shape index (κ3) is 3.94. The van der Waals surface area contributed by atoms with Crippen molar-refractivity contribution in [1.29, 1.82) is 0 Å². The van der Waals surface area contributed by atoms with E-state index in [1.165, 1.54) is 25.6 Å². The van der Waals surface area contributed by atoms with Crippen molar-refractivity contribution in [2.75, 3.05) is 18.6 Å². The number of rotatable bonds is 5. The zero-order valence-electron chi connectivity index (χ0n) is 21.6. The summed E-state index contributed by atoms with van der Waals surface area (Å²) >= 11 is 3.49. The molecule has 1 aliphatic heterocycles. The lowest BCUT2D eigenvalue weighted by Crippen LogP contribution is -2.21. The van der Waals surface area contributed by atoms with Crippen LogP contribution in [0.5, 0.6) is 23.1 Å². The summed E-state index contributed by atoms with van der Waals surface area (Å²) in [6, 6.07) is 31.2. The molecule has 0 amide bonds. The fourth-order valence-corrected chi connectivity index (χ4v) is 7.54.